The number of ether oxygens (including phenoxy) is 3. The zero-order chi connectivity index (χ0) is 21.1. The summed E-state index contributed by atoms with van der Waals surface area (Å²) in [6.07, 6.45) is -3.30. The topological polar surface area (TPSA) is 55.3 Å². The number of methoxy groups -OCH3 is 1. The molecule has 1 fully saturated rings. The summed E-state index contributed by atoms with van der Waals surface area (Å²) in [5, 5.41) is 3.31. The number of hydrogen-bond acceptors (Lipinski definition) is 4. The number of halogens is 3. The van der Waals surface area contributed by atoms with Gasteiger partial charge in [0.05, 0.1) is 26.4 Å². The van der Waals surface area contributed by atoms with Crippen molar-refractivity contribution < 1.29 is 27.4 Å². The first-order chi connectivity index (χ1) is 13.9. The molecular weight excluding hydrogens is 387 g/mol. The molecule has 1 aromatic carbocycles. The average Bonchev–Trinajstić information content (AvgIpc) is 3.16. The van der Waals surface area contributed by atoms with Gasteiger partial charge in [0.15, 0.2) is 12.6 Å². The summed E-state index contributed by atoms with van der Waals surface area (Å²) >= 11 is 0. The molecule has 0 bridgehead atoms. The number of guanidine groups is 1. The fourth-order valence-corrected chi connectivity index (χ4v) is 3.00. The van der Waals surface area contributed by atoms with Gasteiger partial charge in [-0.15, -0.1) is 0 Å². The fraction of sp³-hybridized carbons (Fsp3) is 0.650. The van der Waals surface area contributed by atoms with E-state index in [0.29, 0.717) is 32.3 Å². The Kier molecular flexibility index (Phi) is 9.53. The van der Waals surface area contributed by atoms with Crippen LogP contribution in [0.5, 0.6) is 5.75 Å². The van der Waals surface area contributed by atoms with Gasteiger partial charge in [0.25, 0.3) is 0 Å². The van der Waals surface area contributed by atoms with Gasteiger partial charge in [0.1, 0.15) is 5.75 Å². The summed E-state index contributed by atoms with van der Waals surface area (Å²) in [6.45, 7) is 5.62. The quantitative estimate of drug-likeness (QED) is 0.360. The number of likely N-dealkylation sites (tertiary alicyclic amines) is 1. The lowest BCUT2D eigenvalue weighted by atomic mass is 10.1. The second kappa shape index (κ2) is 11.9. The highest BCUT2D eigenvalue weighted by Gasteiger charge is 2.28. The largest absolute Gasteiger partial charge is 0.484 e. The van der Waals surface area contributed by atoms with E-state index in [1.54, 1.807) is 19.2 Å². The Morgan fingerprint density at radius 2 is 2.00 bits per heavy atom. The highest BCUT2D eigenvalue weighted by molar-refractivity contribution is 5.80. The number of nitrogens with one attached hydrogen (secondary N) is 1. The van der Waals surface area contributed by atoms with Crippen molar-refractivity contribution in [2.24, 2.45) is 10.9 Å². The minimum atomic E-state index is -4.34. The van der Waals surface area contributed by atoms with Crippen LogP contribution >= 0.6 is 0 Å². The van der Waals surface area contributed by atoms with E-state index in [0.717, 1.165) is 37.6 Å². The van der Waals surface area contributed by atoms with Crippen LogP contribution in [0.3, 0.4) is 0 Å². The molecule has 1 unspecified atom stereocenters. The van der Waals surface area contributed by atoms with Crippen LogP contribution in [0, 0.1) is 5.92 Å². The van der Waals surface area contributed by atoms with E-state index in [-0.39, 0.29) is 5.75 Å². The van der Waals surface area contributed by atoms with E-state index in [2.05, 4.69) is 15.2 Å². The van der Waals surface area contributed by atoms with Crippen LogP contribution in [0.4, 0.5) is 13.2 Å². The molecule has 0 aromatic heterocycles. The zero-order valence-electron chi connectivity index (χ0n) is 17.0. The van der Waals surface area contributed by atoms with Crippen LogP contribution in [-0.4, -0.2) is 70.2 Å². The molecule has 9 heteroatoms. The SMILES string of the molecule is CCNC(=NCc1ccc(OCC(F)(F)F)cc1)N1CCC(COCCOC)C1. The molecule has 1 aromatic rings. The maximum Gasteiger partial charge on any atom is 0.422 e. The predicted molar refractivity (Wildman–Crippen MR) is 105 cm³/mol. The first-order valence-corrected chi connectivity index (χ1v) is 9.79. The standard InChI is InChI=1S/C20H30F3N3O3/c1-3-24-19(26-9-8-17(13-26)14-28-11-10-27-2)25-12-16-4-6-18(7-5-16)29-15-20(21,22)23/h4-7,17H,3,8-15H2,1-2H3,(H,24,25). The molecule has 164 valence electrons. The summed E-state index contributed by atoms with van der Waals surface area (Å²) in [5.41, 5.74) is 0.901. The van der Waals surface area contributed by atoms with Crippen LogP contribution in [-0.2, 0) is 16.0 Å². The molecule has 0 radical (unpaired) electrons. The Balaban J connectivity index is 1.85. The van der Waals surface area contributed by atoms with Gasteiger partial charge < -0.3 is 24.4 Å². The van der Waals surface area contributed by atoms with Crippen LogP contribution < -0.4 is 10.1 Å². The minimum absolute atomic E-state index is 0.192. The van der Waals surface area contributed by atoms with Crippen LogP contribution in [0.25, 0.3) is 0 Å². The maximum absolute atomic E-state index is 12.2. The van der Waals surface area contributed by atoms with E-state index < -0.39 is 12.8 Å². The van der Waals surface area contributed by atoms with Gasteiger partial charge in [-0.3, -0.25) is 0 Å². The van der Waals surface area contributed by atoms with Crippen LogP contribution in [0.2, 0.25) is 0 Å². The summed E-state index contributed by atoms with van der Waals surface area (Å²) < 4.78 is 52.0. The van der Waals surface area contributed by atoms with Gasteiger partial charge in [-0.25, -0.2) is 4.99 Å². The van der Waals surface area contributed by atoms with E-state index in [4.69, 9.17) is 14.2 Å². The smallest absolute Gasteiger partial charge is 0.422 e. The fourth-order valence-electron chi connectivity index (χ4n) is 3.00. The number of alkyl halides is 3. The van der Waals surface area contributed by atoms with E-state index >= 15 is 0 Å². The summed E-state index contributed by atoms with van der Waals surface area (Å²) in [5.74, 6) is 1.49. The van der Waals surface area contributed by atoms with Crippen molar-refractivity contribution in [2.45, 2.75) is 26.1 Å². The van der Waals surface area contributed by atoms with Gasteiger partial charge in [-0.2, -0.15) is 13.2 Å². The molecule has 1 heterocycles. The van der Waals surface area contributed by atoms with Crippen molar-refractivity contribution in [3.05, 3.63) is 29.8 Å². The first kappa shape index (κ1) is 23.3. The second-order valence-corrected chi connectivity index (χ2v) is 6.89. The Morgan fingerprint density at radius 3 is 2.66 bits per heavy atom. The van der Waals surface area contributed by atoms with Crippen molar-refractivity contribution in [2.75, 3.05) is 53.2 Å². The van der Waals surface area contributed by atoms with Crippen molar-refractivity contribution >= 4 is 5.96 Å². The molecule has 29 heavy (non-hydrogen) atoms. The molecule has 0 aliphatic carbocycles. The van der Waals surface area contributed by atoms with Crippen molar-refractivity contribution in [1.82, 2.24) is 10.2 Å². The second-order valence-electron chi connectivity index (χ2n) is 6.89. The Bertz CT molecular complexity index is 624. The number of rotatable bonds is 10. The predicted octanol–water partition coefficient (Wildman–Crippen LogP) is 3.08. The third-order valence-electron chi connectivity index (χ3n) is 4.44. The third kappa shape index (κ3) is 8.91. The molecule has 0 saturated carbocycles. The van der Waals surface area contributed by atoms with Gasteiger partial charge >= 0.3 is 6.18 Å². The third-order valence-corrected chi connectivity index (χ3v) is 4.44. The molecule has 1 saturated heterocycles. The zero-order valence-corrected chi connectivity index (χ0v) is 17.0. The van der Waals surface area contributed by atoms with Crippen molar-refractivity contribution in [3.8, 4) is 5.75 Å². The van der Waals surface area contributed by atoms with Crippen LogP contribution in [0.15, 0.2) is 29.3 Å². The summed E-state index contributed by atoms with van der Waals surface area (Å²) in [7, 11) is 1.66. The van der Waals surface area contributed by atoms with E-state index in [1.807, 2.05) is 6.92 Å². The monoisotopic (exact) mass is 417 g/mol. The summed E-state index contributed by atoms with van der Waals surface area (Å²) in [4.78, 5) is 6.89. The van der Waals surface area contributed by atoms with E-state index in [9.17, 15) is 13.2 Å². The molecule has 2 rings (SSSR count). The lowest BCUT2D eigenvalue weighted by Crippen LogP contribution is -2.40. The highest BCUT2D eigenvalue weighted by Crippen LogP contribution is 2.20. The minimum Gasteiger partial charge on any atom is -0.484 e. The number of hydrogen-bond donors (Lipinski definition) is 1. The van der Waals surface area contributed by atoms with E-state index in [1.165, 1.54) is 12.1 Å². The molecule has 1 aliphatic rings. The highest BCUT2D eigenvalue weighted by atomic mass is 19.4. The Labute approximate surface area is 170 Å². The normalized spacial score (nSPS) is 17.6. The molecular formula is C20H30F3N3O3. The van der Waals surface area contributed by atoms with Crippen molar-refractivity contribution in [1.29, 1.82) is 0 Å². The number of benzene rings is 1. The van der Waals surface area contributed by atoms with Crippen LogP contribution in [0.1, 0.15) is 18.9 Å². The van der Waals surface area contributed by atoms with Gasteiger partial charge in [-0.1, -0.05) is 12.1 Å². The molecule has 0 spiro atoms. The maximum atomic E-state index is 12.2. The Morgan fingerprint density at radius 1 is 1.24 bits per heavy atom. The molecule has 1 atom stereocenters. The molecule has 1 aliphatic heterocycles. The molecule has 0 amide bonds. The average molecular weight is 417 g/mol. The molecule has 1 N–H and O–H groups in total. The van der Waals surface area contributed by atoms with Gasteiger partial charge in [-0.05, 0) is 31.0 Å². The van der Waals surface area contributed by atoms with Gasteiger partial charge in [0, 0.05) is 32.7 Å². The molecule has 6 nitrogen and oxygen atoms in total. The number of nitrogens with zero attached hydrogens (tertiary/aromatic N) is 2. The summed E-state index contributed by atoms with van der Waals surface area (Å²) in [6, 6.07) is 6.53. The lowest BCUT2D eigenvalue weighted by Gasteiger charge is -2.21. The lowest BCUT2D eigenvalue weighted by molar-refractivity contribution is -0.153. The van der Waals surface area contributed by atoms with Gasteiger partial charge in [0.2, 0.25) is 0 Å². The Hall–Kier alpha value is -2.00. The van der Waals surface area contributed by atoms with Crippen molar-refractivity contribution in [3.63, 3.8) is 0 Å². The first-order valence-electron chi connectivity index (χ1n) is 9.79. The number of aliphatic imine (C=N–C) groups is 1.